The minimum absolute atomic E-state index is 0.105. The Kier molecular flexibility index (Phi) is 4.37. The molecule has 1 aliphatic carbocycles. The van der Waals surface area contributed by atoms with Gasteiger partial charge in [0.1, 0.15) is 11.9 Å². The molecule has 0 radical (unpaired) electrons. The van der Waals surface area contributed by atoms with Gasteiger partial charge in [-0.15, -0.1) is 0 Å². The van der Waals surface area contributed by atoms with Crippen LogP contribution in [0.5, 0.6) is 5.75 Å². The molecule has 1 N–H and O–H groups in total. The molecular weight excluding hydrogens is 228 g/mol. The Balaban J connectivity index is 1.99. The fourth-order valence-corrected chi connectivity index (χ4v) is 2.31. The first-order chi connectivity index (χ1) is 8.70. The van der Waals surface area contributed by atoms with Gasteiger partial charge < -0.3 is 9.84 Å². The summed E-state index contributed by atoms with van der Waals surface area (Å²) in [4.78, 5) is 11.5. The van der Waals surface area contributed by atoms with Crippen molar-refractivity contribution in [1.29, 1.82) is 0 Å². The lowest BCUT2D eigenvalue weighted by Crippen LogP contribution is -2.34. The van der Waals surface area contributed by atoms with Crippen molar-refractivity contribution in [3.63, 3.8) is 0 Å². The monoisotopic (exact) mass is 248 g/mol. The van der Waals surface area contributed by atoms with E-state index in [1.54, 1.807) is 12.1 Å². The van der Waals surface area contributed by atoms with Crippen LogP contribution in [0.1, 0.15) is 49.4 Å². The smallest absolute Gasteiger partial charge is 0.162 e. The van der Waals surface area contributed by atoms with Crippen LogP contribution in [0, 0.1) is 0 Å². The summed E-state index contributed by atoms with van der Waals surface area (Å²) in [7, 11) is 0. The number of hydrogen-bond acceptors (Lipinski definition) is 3. The van der Waals surface area contributed by atoms with Crippen LogP contribution in [0.15, 0.2) is 24.3 Å². The summed E-state index contributed by atoms with van der Waals surface area (Å²) in [5, 5.41) is 9.83. The fraction of sp³-hybridized carbons (Fsp3) is 0.533. The first-order valence-electron chi connectivity index (χ1n) is 6.68. The van der Waals surface area contributed by atoms with Crippen molar-refractivity contribution in [1.82, 2.24) is 0 Å². The van der Waals surface area contributed by atoms with Crippen molar-refractivity contribution in [2.75, 3.05) is 0 Å². The Hall–Kier alpha value is -1.35. The molecule has 1 aromatic carbocycles. The Bertz CT molecular complexity index is 397. The van der Waals surface area contributed by atoms with Crippen LogP contribution in [0.3, 0.4) is 0 Å². The zero-order valence-electron chi connectivity index (χ0n) is 10.8. The molecule has 0 aromatic heterocycles. The van der Waals surface area contributed by atoms with Gasteiger partial charge >= 0.3 is 0 Å². The first-order valence-corrected chi connectivity index (χ1v) is 6.68. The van der Waals surface area contributed by atoms with Gasteiger partial charge in [0.15, 0.2) is 5.78 Å². The van der Waals surface area contributed by atoms with E-state index in [-0.39, 0.29) is 18.0 Å². The summed E-state index contributed by atoms with van der Waals surface area (Å²) < 4.78 is 5.77. The third-order valence-corrected chi connectivity index (χ3v) is 3.45. The maximum absolute atomic E-state index is 11.5. The quantitative estimate of drug-likeness (QED) is 0.833. The van der Waals surface area contributed by atoms with E-state index in [4.69, 9.17) is 4.74 Å². The van der Waals surface area contributed by atoms with Crippen molar-refractivity contribution in [3.05, 3.63) is 29.8 Å². The van der Waals surface area contributed by atoms with Gasteiger partial charge in [0.25, 0.3) is 0 Å². The fourth-order valence-electron chi connectivity index (χ4n) is 2.31. The molecule has 18 heavy (non-hydrogen) atoms. The first kappa shape index (κ1) is 13.1. The summed E-state index contributed by atoms with van der Waals surface area (Å²) >= 11 is 0. The Morgan fingerprint density at radius 1 is 1.28 bits per heavy atom. The number of carbonyl (C=O) groups excluding carboxylic acids is 1. The van der Waals surface area contributed by atoms with Crippen molar-refractivity contribution >= 4 is 5.78 Å². The Labute approximate surface area is 108 Å². The van der Waals surface area contributed by atoms with Gasteiger partial charge in [-0.2, -0.15) is 0 Å². The minimum atomic E-state index is -0.365. The molecule has 1 aliphatic rings. The molecule has 0 bridgehead atoms. The molecule has 0 aliphatic heterocycles. The highest BCUT2D eigenvalue weighted by atomic mass is 16.5. The largest absolute Gasteiger partial charge is 0.488 e. The summed E-state index contributed by atoms with van der Waals surface area (Å²) in [6.45, 7) is 1.85. The van der Waals surface area contributed by atoms with Crippen LogP contribution in [-0.4, -0.2) is 23.1 Å². The molecule has 0 saturated heterocycles. The summed E-state index contributed by atoms with van der Waals surface area (Å²) in [6.07, 6.45) is 3.94. The molecule has 3 heteroatoms. The number of benzene rings is 1. The average Bonchev–Trinajstić information content (AvgIpc) is 2.41. The van der Waals surface area contributed by atoms with Crippen molar-refractivity contribution in [2.24, 2.45) is 0 Å². The van der Waals surface area contributed by atoms with Gasteiger partial charge in [0.05, 0.1) is 6.10 Å². The third kappa shape index (κ3) is 3.10. The van der Waals surface area contributed by atoms with Gasteiger partial charge in [-0.1, -0.05) is 13.3 Å². The standard InChI is InChI=1S/C15H20O3/c1-2-13(16)11-7-9-12(10-8-11)18-15-6-4-3-5-14(15)17/h7-10,14-15,17H,2-6H2,1H3. The van der Waals surface area contributed by atoms with E-state index in [9.17, 15) is 9.90 Å². The molecule has 98 valence electrons. The number of aliphatic hydroxyl groups excluding tert-OH is 1. The number of rotatable bonds is 4. The molecule has 1 fully saturated rings. The van der Waals surface area contributed by atoms with Gasteiger partial charge in [0.2, 0.25) is 0 Å². The zero-order valence-corrected chi connectivity index (χ0v) is 10.8. The van der Waals surface area contributed by atoms with E-state index in [0.717, 1.165) is 31.4 Å². The highest BCUT2D eigenvalue weighted by molar-refractivity contribution is 5.95. The highest BCUT2D eigenvalue weighted by Crippen LogP contribution is 2.24. The molecule has 1 saturated carbocycles. The number of ether oxygens (including phenoxy) is 1. The predicted molar refractivity (Wildman–Crippen MR) is 70.0 cm³/mol. The molecule has 0 spiro atoms. The summed E-state index contributed by atoms with van der Waals surface area (Å²) in [5.41, 5.74) is 0.717. The maximum Gasteiger partial charge on any atom is 0.162 e. The maximum atomic E-state index is 11.5. The molecule has 2 rings (SSSR count). The number of Topliss-reactive ketones (excluding diaryl/α,β-unsaturated/α-hetero) is 1. The van der Waals surface area contributed by atoms with Crippen molar-refractivity contribution < 1.29 is 14.6 Å². The van der Waals surface area contributed by atoms with Crippen molar-refractivity contribution in [3.8, 4) is 5.75 Å². The third-order valence-electron chi connectivity index (χ3n) is 3.45. The van der Waals surface area contributed by atoms with E-state index in [1.807, 2.05) is 19.1 Å². The number of ketones is 1. The minimum Gasteiger partial charge on any atom is -0.488 e. The van der Waals surface area contributed by atoms with Crippen LogP contribution in [0.2, 0.25) is 0 Å². The molecule has 2 atom stereocenters. The Morgan fingerprint density at radius 3 is 2.56 bits per heavy atom. The van der Waals surface area contributed by atoms with Gasteiger partial charge in [-0.05, 0) is 43.5 Å². The molecular formula is C15H20O3. The normalized spacial score (nSPS) is 23.7. The molecule has 1 aromatic rings. The van der Waals surface area contributed by atoms with E-state index >= 15 is 0 Å². The second kappa shape index (κ2) is 6.01. The van der Waals surface area contributed by atoms with Crippen molar-refractivity contribution in [2.45, 2.75) is 51.2 Å². The number of carbonyl (C=O) groups is 1. The van der Waals surface area contributed by atoms with Crippen LogP contribution in [0.25, 0.3) is 0 Å². The zero-order chi connectivity index (χ0) is 13.0. The molecule has 3 nitrogen and oxygen atoms in total. The van der Waals surface area contributed by atoms with Crippen LogP contribution < -0.4 is 4.74 Å². The SMILES string of the molecule is CCC(=O)c1ccc(OC2CCCCC2O)cc1. The van der Waals surface area contributed by atoms with Gasteiger partial charge in [-0.25, -0.2) is 0 Å². The topological polar surface area (TPSA) is 46.5 Å². The Morgan fingerprint density at radius 2 is 1.94 bits per heavy atom. The van der Waals surface area contributed by atoms with E-state index < -0.39 is 0 Å². The van der Waals surface area contributed by atoms with E-state index in [1.165, 1.54) is 0 Å². The summed E-state index contributed by atoms with van der Waals surface area (Å²) in [5.74, 6) is 0.868. The molecule has 0 heterocycles. The van der Waals surface area contributed by atoms with Gasteiger partial charge in [-0.3, -0.25) is 4.79 Å². The van der Waals surface area contributed by atoms with Crippen LogP contribution in [-0.2, 0) is 0 Å². The summed E-state index contributed by atoms with van der Waals surface area (Å²) in [6, 6.07) is 7.20. The highest BCUT2D eigenvalue weighted by Gasteiger charge is 2.24. The lowest BCUT2D eigenvalue weighted by atomic mass is 9.95. The van der Waals surface area contributed by atoms with E-state index in [2.05, 4.69) is 0 Å². The second-order valence-corrected chi connectivity index (χ2v) is 4.81. The van der Waals surface area contributed by atoms with Crippen LogP contribution >= 0.6 is 0 Å². The lowest BCUT2D eigenvalue weighted by Gasteiger charge is -2.28. The second-order valence-electron chi connectivity index (χ2n) is 4.81. The predicted octanol–water partition coefficient (Wildman–Crippen LogP) is 2.96. The van der Waals surface area contributed by atoms with E-state index in [0.29, 0.717) is 12.0 Å². The lowest BCUT2D eigenvalue weighted by molar-refractivity contribution is 0.00687. The van der Waals surface area contributed by atoms with Gasteiger partial charge in [0, 0.05) is 12.0 Å². The number of aliphatic hydroxyl groups is 1. The average molecular weight is 248 g/mol. The molecule has 2 unspecified atom stereocenters. The molecule has 0 amide bonds. The number of hydrogen-bond donors (Lipinski definition) is 1. The van der Waals surface area contributed by atoms with Crippen LogP contribution in [0.4, 0.5) is 0 Å².